The van der Waals surface area contributed by atoms with Crippen LogP contribution < -0.4 is 22.1 Å². The normalized spacial score (nSPS) is 17.4. The summed E-state index contributed by atoms with van der Waals surface area (Å²) in [6, 6.07) is 8.78. The van der Waals surface area contributed by atoms with Gasteiger partial charge >= 0.3 is 35.4 Å². The molecule has 0 saturated carbocycles. The number of azide groups is 2. The summed E-state index contributed by atoms with van der Waals surface area (Å²) in [4.78, 5) is 104. The summed E-state index contributed by atoms with van der Waals surface area (Å²) < 4.78 is 77.7. The van der Waals surface area contributed by atoms with Gasteiger partial charge in [-0.3, -0.25) is 14.1 Å². The van der Waals surface area contributed by atoms with Gasteiger partial charge in [-0.05, 0) is 59.3 Å². The standard InChI is InChI=1S/C43H54N13O19P3/c1-26(52-54-46)30-9-3-4-10-31(30)43(60)73-34-21-38(72-35(34)23-71-77(64,65)75-78(66,67)74-76(61,62)63)56-22-28(39-40(45)49-25-50-41(39)56)8-7-15-48-36(57)11-5-6-16-70-42(59)32-13-12-29(20-33(32)27(2)53-55-47)51-37(58)24-69-19-18-68-17-14-44/h3-4,9-10,12-13,20,22,25-27,34-35,38H,5-6,11,14-19,21,23-24,44H2,1-2H3,(H,48,57)(H,51,58)(H,64,65)(H,66,67)(H2,45,49,50)(H2,61,62,63)/t26?,27?,34?,35-,38-/m1/s1. The first-order valence-corrected chi connectivity index (χ1v) is 27.7. The van der Waals surface area contributed by atoms with E-state index < -0.39 is 78.4 Å². The van der Waals surface area contributed by atoms with Gasteiger partial charge in [-0.1, -0.05) is 54.1 Å². The van der Waals surface area contributed by atoms with Crippen LogP contribution in [0.4, 0.5) is 11.5 Å². The maximum absolute atomic E-state index is 13.7. The molecule has 2 amide bonds. The molecular weight excluding hydrogens is 1100 g/mol. The van der Waals surface area contributed by atoms with E-state index in [4.69, 9.17) is 60.5 Å². The number of carbonyl (C=O) groups excluding carboxylic acids is 4. The Bertz CT molecular complexity index is 3120. The molecule has 0 radical (unpaired) electrons. The number of nitrogens with one attached hydrogen (secondary N) is 2. The Balaban J connectivity index is 1.21. The van der Waals surface area contributed by atoms with Crippen molar-refractivity contribution >= 4 is 69.8 Å². The van der Waals surface area contributed by atoms with Crippen molar-refractivity contribution in [3.05, 3.63) is 104 Å². The van der Waals surface area contributed by atoms with Crippen molar-refractivity contribution in [3.8, 4) is 11.8 Å². The summed E-state index contributed by atoms with van der Waals surface area (Å²) in [6.07, 6.45) is -0.954. The number of nitrogen functional groups attached to an aromatic ring is 1. The number of fused-ring (bicyclic) bond motifs is 1. The van der Waals surface area contributed by atoms with E-state index in [1.54, 1.807) is 13.0 Å². The number of nitrogens with zero attached hydrogens (tertiary/aromatic N) is 9. The first-order valence-electron chi connectivity index (χ1n) is 23.2. The van der Waals surface area contributed by atoms with E-state index >= 15 is 0 Å². The van der Waals surface area contributed by atoms with Gasteiger partial charge in [-0.2, -0.15) is 8.62 Å². The van der Waals surface area contributed by atoms with Gasteiger partial charge in [0, 0.05) is 41.1 Å². The fourth-order valence-corrected chi connectivity index (χ4v) is 10.4. The lowest BCUT2D eigenvalue weighted by Gasteiger charge is -2.21. The number of hydrogen-bond donors (Lipinski definition) is 8. The highest BCUT2D eigenvalue weighted by molar-refractivity contribution is 7.66. The molecule has 2 aromatic heterocycles. The fourth-order valence-electron chi connectivity index (χ4n) is 7.40. The number of unbranched alkanes of at least 4 members (excludes halogenated alkanes) is 1. The third-order valence-corrected chi connectivity index (χ3v) is 14.6. The zero-order valence-electron chi connectivity index (χ0n) is 41.5. The largest absolute Gasteiger partial charge is 0.490 e. The molecular formula is C43H54N13O19P3. The van der Waals surface area contributed by atoms with E-state index in [9.17, 15) is 42.7 Å². The van der Waals surface area contributed by atoms with Crippen molar-refractivity contribution in [1.29, 1.82) is 0 Å². The number of amides is 2. The summed E-state index contributed by atoms with van der Waals surface area (Å²) >= 11 is 0. The molecule has 0 bridgehead atoms. The number of ether oxygens (including phenoxy) is 5. The molecule has 78 heavy (non-hydrogen) atoms. The molecule has 35 heteroatoms. The van der Waals surface area contributed by atoms with E-state index in [2.05, 4.69) is 61.1 Å². The fraction of sp³-hybridized carbons (Fsp3) is 0.442. The SMILES string of the molecule is CC(N=[N+]=[N-])c1cc(NC(=O)COCCOCCN)ccc1C(=O)OCCCCC(=O)NCC#Cc1cn([C@H]2CC(OC(=O)c3ccccc3C(C)N=[N+]=[N-])[C@@H](COP(=O)(O)OP(=O)(O)OP(=O)(O)O)O2)c2ncnc(N)c12. The monoisotopic (exact) mass is 1150 g/mol. The van der Waals surface area contributed by atoms with E-state index in [1.165, 1.54) is 54.1 Å². The van der Waals surface area contributed by atoms with Gasteiger partial charge < -0.3 is 69.9 Å². The molecule has 0 spiro atoms. The third-order valence-electron chi connectivity index (χ3n) is 10.8. The Morgan fingerprint density at radius 3 is 2.32 bits per heavy atom. The molecule has 1 fully saturated rings. The summed E-state index contributed by atoms with van der Waals surface area (Å²) in [7, 11) is -17.3. The summed E-state index contributed by atoms with van der Waals surface area (Å²) in [5.74, 6) is 3.17. The van der Waals surface area contributed by atoms with Crippen LogP contribution in [-0.2, 0) is 60.1 Å². The summed E-state index contributed by atoms with van der Waals surface area (Å²) in [6.45, 7) is 2.77. The Hall–Kier alpha value is -6.83. The van der Waals surface area contributed by atoms with Crippen LogP contribution in [0, 0.1) is 11.8 Å². The lowest BCUT2D eigenvalue weighted by Crippen LogP contribution is -2.31. The minimum atomic E-state index is -5.90. The Morgan fingerprint density at radius 2 is 1.60 bits per heavy atom. The second kappa shape index (κ2) is 29.2. The average molecular weight is 1150 g/mol. The number of rotatable bonds is 29. The molecule has 5 rings (SSSR count). The van der Waals surface area contributed by atoms with Crippen LogP contribution in [0.15, 0.2) is 65.2 Å². The molecule has 32 nitrogen and oxygen atoms in total. The van der Waals surface area contributed by atoms with Crippen LogP contribution in [0.2, 0.25) is 0 Å². The zero-order valence-corrected chi connectivity index (χ0v) is 44.2. The van der Waals surface area contributed by atoms with Crippen molar-refractivity contribution in [2.45, 2.75) is 70.1 Å². The maximum Gasteiger partial charge on any atom is 0.490 e. The first kappa shape index (κ1) is 62.0. The predicted octanol–water partition coefficient (Wildman–Crippen LogP) is 5.04. The zero-order chi connectivity index (χ0) is 57.0. The number of aromatic nitrogens is 3. The number of phosphoric ester groups is 1. The molecule has 1 aliphatic rings. The molecule has 1 aliphatic heterocycles. The van der Waals surface area contributed by atoms with Gasteiger partial charge in [0.15, 0.2) is 0 Å². The molecule has 5 unspecified atom stereocenters. The van der Waals surface area contributed by atoms with Gasteiger partial charge in [0.05, 0.1) is 73.7 Å². The Labute approximate surface area is 443 Å². The number of phosphoric acid groups is 3. The quantitative estimate of drug-likeness (QED) is 0.00671. The van der Waals surface area contributed by atoms with Crippen LogP contribution >= 0.6 is 23.5 Å². The van der Waals surface area contributed by atoms with Crippen molar-refractivity contribution in [1.82, 2.24) is 19.9 Å². The minimum Gasteiger partial charge on any atom is -0.462 e. The van der Waals surface area contributed by atoms with E-state index in [0.717, 1.165) is 6.33 Å². The van der Waals surface area contributed by atoms with Crippen molar-refractivity contribution < 1.29 is 89.3 Å². The molecule has 3 heterocycles. The van der Waals surface area contributed by atoms with Gasteiger partial charge in [-0.25, -0.2) is 33.3 Å². The molecule has 10 N–H and O–H groups in total. The lowest BCUT2D eigenvalue weighted by molar-refractivity contribution is -0.121. The molecule has 2 aromatic carbocycles. The number of hydrogen-bond acceptors (Lipinski definition) is 21. The van der Waals surface area contributed by atoms with Crippen LogP contribution in [0.3, 0.4) is 0 Å². The third kappa shape index (κ3) is 19.0. The first-order chi connectivity index (χ1) is 37.0. The molecule has 420 valence electrons. The highest BCUT2D eigenvalue weighted by Crippen LogP contribution is 2.66. The minimum absolute atomic E-state index is 0.0194. The van der Waals surface area contributed by atoms with E-state index in [-0.39, 0.29) is 90.8 Å². The van der Waals surface area contributed by atoms with Crippen molar-refractivity contribution in [3.63, 3.8) is 0 Å². The number of nitrogens with two attached hydrogens (primary N) is 2. The second-order valence-corrected chi connectivity index (χ2v) is 20.8. The molecule has 7 atom stereocenters. The molecule has 1 saturated heterocycles. The number of esters is 2. The molecule has 4 aromatic rings. The highest BCUT2D eigenvalue weighted by atomic mass is 31.3. The van der Waals surface area contributed by atoms with Crippen molar-refractivity contribution in [2.24, 2.45) is 16.0 Å². The van der Waals surface area contributed by atoms with Crippen LogP contribution in [-0.4, -0.2) is 123 Å². The van der Waals surface area contributed by atoms with Gasteiger partial charge in [-0.15, -0.1) is 0 Å². The van der Waals surface area contributed by atoms with Gasteiger partial charge in [0.2, 0.25) is 11.8 Å². The van der Waals surface area contributed by atoms with Crippen LogP contribution in [0.5, 0.6) is 0 Å². The number of carbonyl (C=O) groups is 4. The smallest absolute Gasteiger partial charge is 0.462 e. The van der Waals surface area contributed by atoms with Crippen LogP contribution in [0.1, 0.15) is 95.2 Å². The second-order valence-electron chi connectivity index (χ2n) is 16.4. The van der Waals surface area contributed by atoms with E-state index in [0.29, 0.717) is 37.2 Å². The highest BCUT2D eigenvalue weighted by Gasteiger charge is 2.45. The van der Waals surface area contributed by atoms with Gasteiger partial charge in [0.1, 0.15) is 42.8 Å². The maximum atomic E-state index is 13.7. The van der Waals surface area contributed by atoms with Gasteiger partial charge in [0.25, 0.3) is 0 Å². The van der Waals surface area contributed by atoms with E-state index in [1.807, 2.05) is 0 Å². The Morgan fingerprint density at radius 1 is 0.897 bits per heavy atom. The average Bonchev–Trinajstić information content (AvgIpc) is 3.96. The number of anilines is 2. The predicted molar refractivity (Wildman–Crippen MR) is 271 cm³/mol. The molecule has 0 aliphatic carbocycles. The topological polar surface area (TPSA) is 479 Å². The lowest BCUT2D eigenvalue weighted by atomic mass is 10.0. The summed E-state index contributed by atoms with van der Waals surface area (Å²) in [5.41, 5.74) is 31.1. The van der Waals surface area contributed by atoms with Crippen LogP contribution in [0.25, 0.3) is 31.9 Å². The number of benzene rings is 2. The Kier molecular flexibility index (Phi) is 23.2. The van der Waals surface area contributed by atoms with Crippen molar-refractivity contribution in [2.75, 3.05) is 63.8 Å². The summed E-state index contributed by atoms with van der Waals surface area (Å²) in [5, 5.41) is 12.9.